The van der Waals surface area contributed by atoms with Gasteiger partial charge in [-0.2, -0.15) is 0 Å². The van der Waals surface area contributed by atoms with Crippen LogP contribution in [0.3, 0.4) is 0 Å². The summed E-state index contributed by atoms with van der Waals surface area (Å²) in [5.41, 5.74) is 1.35. The molecule has 0 aliphatic heterocycles. The van der Waals surface area contributed by atoms with Crippen molar-refractivity contribution in [2.75, 3.05) is 0 Å². The van der Waals surface area contributed by atoms with Crippen LogP contribution in [0.1, 0.15) is 40.5 Å². The Morgan fingerprint density at radius 1 is 1.12 bits per heavy atom. The number of hydrogen-bond donors (Lipinski definition) is 1. The second kappa shape index (κ2) is 8.77. The SMILES string of the molecule is CC.CCCC.O=c1[nH]c2ccccc2o1. The largest absolute Gasteiger partial charge is 0.417 e. The molecule has 90 valence electrons. The first-order valence-corrected chi connectivity index (χ1v) is 5.85. The van der Waals surface area contributed by atoms with E-state index in [0.29, 0.717) is 5.58 Å². The van der Waals surface area contributed by atoms with Crippen molar-refractivity contribution in [2.24, 2.45) is 0 Å². The molecule has 0 bridgehead atoms. The summed E-state index contributed by atoms with van der Waals surface area (Å²) in [4.78, 5) is 13.1. The van der Waals surface area contributed by atoms with Gasteiger partial charge in [0.15, 0.2) is 5.58 Å². The van der Waals surface area contributed by atoms with Gasteiger partial charge in [0.2, 0.25) is 0 Å². The number of unbranched alkanes of at least 4 members (excludes halogenated alkanes) is 1. The quantitative estimate of drug-likeness (QED) is 0.795. The second-order valence-corrected chi connectivity index (χ2v) is 3.01. The summed E-state index contributed by atoms with van der Waals surface area (Å²) in [6.45, 7) is 8.36. The molecule has 2 rings (SSSR count). The molecule has 0 fully saturated rings. The number of nitrogens with one attached hydrogen (secondary N) is 1. The predicted octanol–water partition coefficient (Wildman–Crippen LogP) is 3.95. The van der Waals surface area contributed by atoms with Crippen LogP contribution < -0.4 is 5.76 Å². The Balaban J connectivity index is 0.000000323. The molecule has 0 aliphatic rings. The Kier molecular flexibility index (Phi) is 7.94. The van der Waals surface area contributed by atoms with Crippen LogP contribution in [0, 0.1) is 0 Å². The number of rotatable bonds is 1. The first kappa shape index (κ1) is 14.5. The number of benzene rings is 1. The lowest BCUT2D eigenvalue weighted by atomic mass is 10.3. The Labute approximate surface area is 96.5 Å². The Hall–Kier alpha value is -1.51. The van der Waals surface area contributed by atoms with E-state index in [4.69, 9.17) is 4.42 Å². The van der Waals surface area contributed by atoms with Gasteiger partial charge in [0, 0.05) is 0 Å². The van der Waals surface area contributed by atoms with Crippen molar-refractivity contribution < 1.29 is 4.42 Å². The molecule has 0 atom stereocenters. The van der Waals surface area contributed by atoms with Gasteiger partial charge in [0.05, 0.1) is 5.52 Å². The van der Waals surface area contributed by atoms with Crippen molar-refractivity contribution in [3.05, 3.63) is 34.8 Å². The third-order valence-electron chi connectivity index (χ3n) is 1.83. The Bertz CT molecular complexity index is 390. The number of aromatic amines is 1. The minimum atomic E-state index is -0.402. The van der Waals surface area contributed by atoms with Crippen LogP contribution in [-0.4, -0.2) is 4.98 Å². The summed E-state index contributed by atoms with van der Waals surface area (Å²) < 4.78 is 4.76. The highest BCUT2D eigenvalue weighted by molar-refractivity contribution is 5.71. The zero-order valence-corrected chi connectivity index (χ0v) is 10.5. The molecule has 0 amide bonds. The zero-order valence-electron chi connectivity index (χ0n) is 10.5. The van der Waals surface area contributed by atoms with Gasteiger partial charge in [-0.25, -0.2) is 4.79 Å². The second-order valence-electron chi connectivity index (χ2n) is 3.01. The van der Waals surface area contributed by atoms with E-state index in [1.165, 1.54) is 12.8 Å². The molecule has 0 spiro atoms. The van der Waals surface area contributed by atoms with E-state index in [9.17, 15) is 4.79 Å². The fourth-order valence-corrected chi connectivity index (χ4v) is 0.894. The van der Waals surface area contributed by atoms with Crippen molar-refractivity contribution in [2.45, 2.75) is 40.5 Å². The van der Waals surface area contributed by atoms with Crippen LogP contribution in [0.4, 0.5) is 0 Å². The zero-order chi connectivity index (χ0) is 12.4. The lowest BCUT2D eigenvalue weighted by molar-refractivity contribution is 0.555. The highest BCUT2D eigenvalue weighted by Crippen LogP contribution is 2.06. The molecule has 0 aliphatic carbocycles. The monoisotopic (exact) mass is 223 g/mol. The smallest absolute Gasteiger partial charge is 0.408 e. The lowest BCUT2D eigenvalue weighted by Crippen LogP contribution is -1.92. The molecule has 3 heteroatoms. The van der Waals surface area contributed by atoms with Crippen LogP contribution in [0.5, 0.6) is 0 Å². The molecule has 0 saturated heterocycles. The molecule has 1 N–H and O–H groups in total. The van der Waals surface area contributed by atoms with Crippen LogP contribution in [0.2, 0.25) is 0 Å². The predicted molar refractivity (Wildman–Crippen MR) is 68.8 cm³/mol. The number of para-hydroxylation sites is 2. The highest BCUT2D eigenvalue weighted by atomic mass is 16.4. The maximum atomic E-state index is 10.6. The van der Waals surface area contributed by atoms with Gasteiger partial charge in [-0.1, -0.05) is 52.7 Å². The van der Waals surface area contributed by atoms with Gasteiger partial charge in [0.1, 0.15) is 0 Å². The number of fused-ring (bicyclic) bond motifs is 1. The maximum absolute atomic E-state index is 10.6. The molecular weight excluding hydrogens is 202 g/mol. The van der Waals surface area contributed by atoms with Gasteiger partial charge in [-0.15, -0.1) is 0 Å². The van der Waals surface area contributed by atoms with Crippen LogP contribution in [-0.2, 0) is 0 Å². The molecule has 0 radical (unpaired) electrons. The highest BCUT2D eigenvalue weighted by Gasteiger charge is 1.95. The van der Waals surface area contributed by atoms with Crippen molar-refractivity contribution >= 4 is 11.1 Å². The van der Waals surface area contributed by atoms with Gasteiger partial charge in [-0.3, -0.25) is 4.98 Å². The van der Waals surface area contributed by atoms with E-state index in [0.717, 1.165) is 5.52 Å². The number of oxazole rings is 1. The van der Waals surface area contributed by atoms with Crippen molar-refractivity contribution in [3.63, 3.8) is 0 Å². The molecule has 16 heavy (non-hydrogen) atoms. The van der Waals surface area contributed by atoms with Crippen molar-refractivity contribution in [1.82, 2.24) is 4.98 Å². The van der Waals surface area contributed by atoms with Gasteiger partial charge in [0.25, 0.3) is 0 Å². The van der Waals surface area contributed by atoms with Gasteiger partial charge >= 0.3 is 5.76 Å². The average molecular weight is 223 g/mol. The van der Waals surface area contributed by atoms with E-state index in [1.54, 1.807) is 12.1 Å². The fourth-order valence-electron chi connectivity index (χ4n) is 0.894. The lowest BCUT2D eigenvalue weighted by Gasteiger charge is -1.79. The van der Waals surface area contributed by atoms with Crippen LogP contribution in [0.15, 0.2) is 33.5 Å². The average Bonchev–Trinajstić information content (AvgIpc) is 2.72. The summed E-state index contributed by atoms with van der Waals surface area (Å²) in [6, 6.07) is 7.19. The molecule has 0 saturated carbocycles. The standard InChI is InChI=1S/C7H5NO2.C4H10.C2H6/c9-7-8-5-3-1-2-4-6(5)10-7;1-3-4-2;1-2/h1-4H,(H,8,9);3-4H2,1-2H3;1-2H3. The summed E-state index contributed by atoms with van der Waals surface area (Å²) >= 11 is 0. The summed E-state index contributed by atoms with van der Waals surface area (Å²) in [5, 5.41) is 0. The van der Waals surface area contributed by atoms with E-state index >= 15 is 0 Å². The van der Waals surface area contributed by atoms with Crippen molar-refractivity contribution in [1.29, 1.82) is 0 Å². The van der Waals surface area contributed by atoms with Gasteiger partial charge < -0.3 is 4.42 Å². The minimum Gasteiger partial charge on any atom is -0.408 e. The number of hydrogen-bond acceptors (Lipinski definition) is 2. The third-order valence-corrected chi connectivity index (χ3v) is 1.83. The third kappa shape index (κ3) is 4.82. The molecule has 3 nitrogen and oxygen atoms in total. The Morgan fingerprint density at radius 3 is 2.19 bits per heavy atom. The van der Waals surface area contributed by atoms with E-state index in [2.05, 4.69) is 18.8 Å². The summed E-state index contributed by atoms with van der Waals surface area (Å²) in [5.74, 6) is -0.402. The fraction of sp³-hybridized carbons (Fsp3) is 0.462. The van der Waals surface area contributed by atoms with Crippen molar-refractivity contribution in [3.8, 4) is 0 Å². The minimum absolute atomic E-state index is 0.402. The summed E-state index contributed by atoms with van der Waals surface area (Å²) in [6.07, 6.45) is 2.64. The normalized spacial score (nSPS) is 8.75. The number of aromatic nitrogens is 1. The molecule has 2 aromatic rings. The Morgan fingerprint density at radius 2 is 1.69 bits per heavy atom. The molecule has 0 unspecified atom stereocenters. The van der Waals surface area contributed by atoms with E-state index < -0.39 is 5.76 Å². The van der Waals surface area contributed by atoms with Gasteiger partial charge in [-0.05, 0) is 12.1 Å². The van der Waals surface area contributed by atoms with Crippen LogP contribution in [0.25, 0.3) is 11.1 Å². The van der Waals surface area contributed by atoms with E-state index in [-0.39, 0.29) is 0 Å². The molecular formula is C13H21NO2. The summed E-state index contributed by atoms with van der Waals surface area (Å²) in [7, 11) is 0. The first-order chi connectivity index (χ1) is 7.77. The van der Waals surface area contributed by atoms with E-state index in [1.807, 2.05) is 26.0 Å². The maximum Gasteiger partial charge on any atom is 0.417 e. The molecule has 1 aromatic heterocycles. The number of H-pyrrole nitrogens is 1. The molecule has 1 aromatic carbocycles. The topological polar surface area (TPSA) is 46.0 Å². The molecule has 1 heterocycles. The first-order valence-electron chi connectivity index (χ1n) is 5.85. The van der Waals surface area contributed by atoms with Crippen LogP contribution >= 0.6 is 0 Å².